The maximum Gasteiger partial charge on any atom is 0.244 e. The van der Waals surface area contributed by atoms with Gasteiger partial charge in [-0.25, -0.2) is 8.42 Å². The third-order valence-corrected chi connectivity index (χ3v) is 7.83. The summed E-state index contributed by atoms with van der Waals surface area (Å²) < 4.78 is 26.2. The van der Waals surface area contributed by atoms with Gasteiger partial charge >= 0.3 is 0 Å². The Kier molecular flexibility index (Phi) is 11.0. The third-order valence-electron chi connectivity index (χ3n) is 5.15. The normalized spacial score (nSPS) is 12.2. The van der Waals surface area contributed by atoms with Crippen molar-refractivity contribution in [3.8, 4) is 0 Å². The van der Waals surface area contributed by atoms with Crippen LogP contribution in [0.2, 0.25) is 20.1 Å². The van der Waals surface area contributed by atoms with Crippen LogP contribution in [0.1, 0.15) is 32.3 Å². The molecule has 0 aliphatic rings. The van der Waals surface area contributed by atoms with Gasteiger partial charge in [0.15, 0.2) is 0 Å². The van der Waals surface area contributed by atoms with Crippen molar-refractivity contribution in [2.75, 3.05) is 23.7 Å². The summed E-state index contributed by atoms with van der Waals surface area (Å²) in [6.45, 7) is 3.55. The molecule has 12 heteroatoms. The minimum atomic E-state index is -3.93. The minimum absolute atomic E-state index is 0.00356. The number of halogens is 4. The molecule has 2 rings (SSSR count). The number of hydrogen-bond acceptors (Lipinski definition) is 4. The molecule has 0 unspecified atom stereocenters. The molecule has 2 aromatic rings. The lowest BCUT2D eigenvalue weighted by molar-refractivity contribution is -0.140. The molecule has 1 atom stereocenters. The van der Waals surface area contributed by atoms with Gasteiger partial charge in [0.05, 0.1) is 32.0 Å². The van der Waals surface area contributed by atoms with Gasteiger partial charge in [0, 0.05) is 13.1 Å². The van der Waals surface area contributed by atoms with Crippen LogP contribution in [-0.4, -0.2) is 50.5 Å². The Balaban J connectivity index is 2.49. The van der Waals surface area contributed by atoms with E-state index in [0.29, 0.717) is 28.6 Å². The maximum absolute atomic E-state index is 13.6. The molecule has 0 aromatic heterocycles. The predicted octanol–water partition coefficient (Wildman–Crippen LogP) is 5.40. The number of anilines is 1. The number of benzene rings is 2. The van der Waals surface area contributed by atoms with Crippen molar-refractivity contribution in [1.29, 1.82) is 0 Å². The van der Waals surface area contributed by atoms with Gasteiger partial charge in [-0.15, -0.1) is 0 Å². The second-order valence-corrected chi connectivity index (χ2v) is 11.3. The number of sulfonamides is 1. The Morgan fingerprint density at radius 2 is 1.69 bits per heavy atom. The molecule has 0 fully saturated rings. The number of carbonyl (C=O) groups excluding carboxylic acids is 2. The molecule has 0 heterocycles. The van der Waals surface area contributed by atoms with E-state index in [2.05, 4.69) is 5.32 Å². The molecule has 0 aliphatic heterocycles. The molecular weight excluding hydrogens is 556 g/mol. The van der Waals surface area contributed by atoms with Gasteiger partial charge < -0.3 is 10.2 Å². The van der Waals surface area contributed by atoms with Crippen LogP contribution in [0.25, 0.3) is 0 Å². The van der Waals surface area contributed by atoms with Crippen LogP contribution in [0.4, 0.5) is 5.69 Å². The van der Waals surface area contributed by atoms with E-state index in [0.717, 1.165) is 17.0 Å². The number of rotatable bonds is 11. The summed E-state index contributed by atoms with van der Waals surface area (Å²) in [5.41, 5.74) is 0.689. The zero-order valence-corrected chi connectivity index (χ0v) is 23.4. The molecule has 192 valence electrons. The highest BCUT2D eigenvalue weighted by Crippen LogP contribution is 2.34. The summed E-state index contributed by atoms with van der Waals surface area (Å²) in [4.78, 5) is 27.9. The number of nitrogens with zero attached hydrogens (tertiary/aromatic N) is 2. The molecule has 1 N–H and O–H groups in total. The zero-order valence-electron chi connectivity index (χ0n) is 19.5. The van der Waals surface area contributed by atoms with Crippen molar-refractivity contribution in [2.45, 2.75) is 39.3 Å². The summed E-state index contributed by atoms with van der Waals surface area (Å²) in [6.07, 6.45) is 1.99. The average molecular weight is 583 g/mol. The van der Waals surface area contributed by atoms with Gasteiger partial charge in [0.25, 0.3) is 0 Å². The highest BCUT2D eigenvalue weighted by atomic mass is 35.5. The fourth-order valence-corrected chi connectivity index (χ4v) is 5.02. The molecule has 35 heavy (non-hydrogen) atoms. The molecule has 7 nitrogen and oxygen atoms in total. The minimum Gasteiger partial charge on any atom is -0.354 e. The van der Waals surface area contributed by atoms with E-state index in [-0.39, 0.29) is 28.2 Å². The van der Waals surface area contributed by atoms with Crippen molar-refractivity contribution >= 4 is 73.9 Å². The monoisotopic (exact) mass is 581 g/mol. The van der Waals surface area contributed by atoms with Gasteiger partial charge in [-0.2, -0.15) is 0 Å². The molecule has 2 amide bonds. The third kappa shape index (κ3) is 7.89. The lowest BCUT2D eigenvalue weighted by Gasteiger charge is -2.33. The number of carbonyl (C=O) groups is 2. The zero-order chi connectivity index (χ0) is 26.3. The molecule has 0 bridgehead atoms. The summed E-state index contributed by atoms with van der Waals surface area (Å²) in [5, 5.41) is 3.59. The standard InChI is InChI=1S/C23H27Cl4N3O4S/c1-4-11-28-23(32)19(5-2)29(13-15-9-10-16(24)18(26)12-15)21(31)14-30(35(3,33)34)20-8-6-7-17(25)22(20)27/h6-10,12,19H,4-5,11,13-14H2,1-3H3,(H,28,32)/t19-/m1/s1. The van der Waals surface area contributed by atoms with Crippen molar-refractivity contribution < 1.29 is 18.0 Å². The molecule has 0 saturated carbocycles. The van der Waals surface area contributed by atoms with Crippen LogP contribution in [-0.2, 0) is 26.2 Å². The fourth-order valence-electron chi connectivity index (χ4n) is 3.40. The maximum atomic E-state index is 13.6. The topological polar surface area (TPSA) is 86.8 Å². The first-order valence-electron chi connectivity index (χ1n) is 10.8. The van der Waals surface area contributed by atoms with Crippen LogP contribution in [0.15, 0.2) is 36.4 Å². The summed E-state index contributed by atoms with van der Waals surface area (Å²) in [6, 6.07) is 8.53. The van der Waals surface area contributed by atoms with E-state index in [9.17, 15) is 18.0 Å². The Hall–Kier alpha value is -1.71. The van der Waals surface area contributed by atoms with Crippen molar-refractivity contribution in [3.05, 3.63) is 62.1 Å². The molecular formula is C23H27Cl4N3O4S. The summed E-state index contributed by atoms with van der Waals surface area (Å²) in [7, 11) is -3.93. The summed E-state index contributed by atoms with van der Waals surface area (Å²) in [5.74, 6) is -0.939. The second kappa shape index (κ2) is 13.0. The van der Waals surface area contributed by atoms with Gasteiger partial charge in [-0.3, -0.25) is 13.9 Å². The highest BCUT2D eigenvalue weighted by Gasteiger charge is 2.32. The number of amides is 2. The first kappa shape index (κ1) is 29.5. The average Bonchev–Trinajstić information content (AvgIpc) is 2.79. The van der Waals surface area contributed by atoms with E-state index in [1.807, 2.05) is 6.92 Å². The molecule has 0 aliphatic carbocycles. The predicted molar refractivity (Wildman–Crippen MR) is 143 cm³/mol. The van der Waals surface area contributed by atoms with Gasteiger partial charge in [-0.05, 0) is 42.7 Å². The highest BCUT2D eigenvalue weighted by molar-refractivity contribution is 7.92. The van der Waals surface area contributed by atoms with Crippen molar-refractivity contribution in [3.63, 3.8) is 0 Å². The smallest absolute Gasteiger partial charge is 0.244 e. The lowest BCUT2D eigenvalue weighted by Crippen LogP contribution is -2.52. The first-order valence-corrected chi connectivity index (χ1v) is 14.2. The van der Waals surface area contributed by atoms with Crippen LogP contribution in [0.5, 0.6) is 0 Å². The lowest BCUT2D eigenvalue weighted by atomic mass is 10.1. The first-order chi connectivity index (χ1) is 16.4. The van der Waals surface area contributed by atoms with Crippen LogP contribution in [0.3, 0.4) is 0 Å². The van der Waals surface area contributed by atoms with Crippen LogP contribution < -0.4 is 9.62 Å². The van der Waals surface area contributed by atoms with E-state index < -0.39 is 28.5 Å². The molecule has 0 saturated heterocycles. The van der Waals surface area contributed by atoms with Crippen molar-refractivity contribution in [2.24, 2.45) is 0 Å². The molecule has 0 radical (unpaired) electrons. The Labute approximate surface area is 226 Å². The summed E-state index contributed by atoms with van der Waals surface area (Å²) >= 11 is 24.5. The van der Waals surface area contributed by atoms with E-state index in [1.54, 1.807) is 25.1 Å². The van der Waals surface area contributed by atoms with Gasteiger partial charge in [0.2, 0.25) is 21.8 Å². The van der Waals surface area contributed by atoms with Gasteiger partial charge in [0.1, 0.15) is 12.6 Å². The van der Waals surface area contributed by atoms with E-state index in [4.69, 9.17) is 46.4 Å². The van der Waals surface area contributed by atoms with Crippen LogP contribution >= 0.6 is 46.4 Å². The van der Waals surface area contributed by atoms with Gasteiger partial charge in [-0.1, -0.05) is 72.4 Å². The van der Waals surface area contributed by atoms with Crippen LogP contribution in [0, 0.1) is 0 Å². The SMILES string of the molecule is CCCNC(=O)[C@@H](CC)N(Cc1ccc(Cl)c(Cl)c1)C(=O)CN(c1cccc(Cl)c1Cl)S(C)(=O)=O. The quantitative estimate of drug-likeness (QED) is 0.384. The Morgan fingerprint density at radius 3 is 2.26 bits per heavy atom. The molecule has 2 aromatic carbocycles. The Bertz CT molecular complexity index is 1180. The van der Waals surface area contributed by atoms with E-state index >= 15 is 0 Å². The largest absolute Gasteiger partial charge is 0.354 e. The molecule has 0 spiro atoms. The number of hydrogen-bond donors (Lipinski definition) is 1. The fraction of sp³-hybridized carbons (Fsp3) is 0.391. The number of nitrogens with one attached hydrogen (secondary N) is 1. The second-order valence-electron chi connectivity index (χ2n) is 7.83. The van der Waals surface area contributed by atoms with E-state index in [1.165, 1.54) is 23.1 Å². The Morgan fingerprint density at radius 1 is 1.00 bits per heavy atom. The van der Waals surface area contributed by atoms with Crippen molar-refractivity contribution in [1.82, 2.24) is 10.2 Å².